The third-order valence-electron chi connectivity index (χ3n) is 17.0. The molecule has 12 atom stereocenters. The smallest absolute Gasteiger partial charge is 0.141 e. The van der Waals surface area contributed by atoms with Crippen molar-refractivity contribution in [1.82, 2.24) is 0 Å². The molecule has 0 N–H and O–H groups in total. The van der Waals surface area contributed by atoms with Gasteiger partial charge in [0.15, 0.2) is 0 Å². The summed E-state index contributed by atoms with van der Waals surface area (Å²) in [5.41, 5.74) is 13.9. The zero-order valence-electron chi connectivity index (χ0n) is 36.5. The fraction of sp³-hybridized carbons (Fsp3) is 0.367. The maximum atomic E-state index is 7.08. The van der Waals surface area contributed by atoms with Gasteiger partial charge in [-0.15, -0.1) is 0 Å². The Morgan fingerprint density at radius 2 is 1.45 bits per heavy atom. The predicted molar refractivity (Wildman–Crippen MR) is 254 cm³/mol. The molecule has 4 heterocycles. The number of hydrogen-bond acceptors (Lipinski definition) is 4. The molecule has 1 aromatic heterocycles. The molecule has 3 aliphatic heterocycles. The highest BCUT2D eigenvalue weighted by atomic mass is 16.5. The van der Waals surface area contributed by atoms with Crippen molar-refractivity contribution in [2.24, 2.45) is 47.3 Å². The van der Waals surface area contributed by atoms with Gasteiger partial charge in [-0.25, -0.2) is 0 Å². The van der Waals surface area contributed by atoms with Crippen molar-refractivity contribution in [3.63, 3.8) is 0 Å². The quantitative estimate of drug-likeness (QED) is 0.296. The first-order valence-electron chi connectivity index (χ1n) is 24.6. The van der Waals surface area contributed by atoms with Crippen molar-refractivity contribution in [1.29, 1.82) is 0 Å². The summed E-state index contributed by atoms with van der Waals surface area (Å²) in [5.74, 6) is 6.54. The third kappa shape index (κ3) is 6.11. The van der Waals surface area contributed by atoms with Gasteiger partial charge in [-0.3, -0.25) is 0 Å². The SMILES string of the molecule is C1=CCCC(C2=c3oc4c(c3=CC3C5=C(C=CC(C6=CCC7OC8C=CC(C9C=CC=CC9)=CC8C7=C6)C5)OC23)CC(C2CCC3=C(C2)C2C=C(C5C=CC=CC5)C=CC2O3)C=C4)=C1. The Morgan fingerprint density at radius 1 is 0.609 bits per heavy atom. The lowest BCUT2D eigenvalue weighted by Gasteiger charge is -2.31. The molecule has 12 unspecified atom stereocenters. The second kappa shape index (κ2) is 15.0. The molecule has 1 saturated heterocycles. The Balaban J connectivity index is 0.750. The number of ether oxygens (including phenoxy) is 3. The molecule has 10 aliphatic carbocycles. The molecule has 13 aliphatic rings. The lowest BCUT2D eigenvalue weighted by Crippen LogP contribution is -2.39. The highest BCUT2D eigenvalue weighted by Crippen LogP contribution is 2.51. The van der Waals surface area contributed by atoms with E-state index in [1.54, 1.807) is 5.57 Å². The highest BCUT2D eigenvalue weighted by molar-refractivity contribution is 5.75. The van der Waals surface area contributed by atoms with Crippen LogP contribution in [0.25, 0.3) is 17.7 Å². The van der Waals surface area contributed by atoms with Crippen molar-refractivity contribution in [2.75, 3.05) is 0 Å². The fourth-order valence-electron chi connectivity index (χ4n) is 13.6. The third-order valence-corrected chi connectivity index (χ3v) is 17.0. The number of furan rings is 1. The van der Waals surface area contributed by atoms with Gasteiger partial charge >= 0.3 is 0 Å². The summed E-state index contributed by atoms with van der Waals surface area (Å²) in [6.45, 7) is 0. The van der Waals surface area contributed by atoms with Gasteiger partial charge < -0.3 is 18.6 Å². The highest BCUT2D eigenvalue weighted by Gasteiger charge is 2.46. The van der Waals surface area contributed by atoms with E-state index in [0.717, 1.165) is 74.7 Å². The Labute approximate surface area is 377 Å². The van der Waals surface area contributed by atoms with Gasteiger partial charge in [-0.1, -0.05) is 128 Å². The molecule has 0 saturated carbocycles. The van der Waals surface area contributed by atoms with Crippen LogP contribution in [0, 0.1) is 47.3 Å². The van der Waals surface area contributed by atoms with Gasteiger partial charge in [-0.05, 0) is 127 Å². The van der Waals surface area contributed by atoms with E-state index >= 15 is 0 Å². The molecule has 14 rings (SSSR count). The monoisotopic (exact) mass is 840 g/mol. The normalized spacial score (nSPS) is 37.8. The van der Waals surface area contributed by atoms with E-state index in [-0.39, 0.29) is 30.3 Å². The summed E-state index contributed by atoms with van der Waals surface area (Å²) in [4.78, 5) is 0. The molecule has 1 aromatic rings. The molecule has 0 aromatic carbocycles. The summed E-state index contributed by atoms with van der Waals surface area (Å²) in [6.07, 6.45) is 67.2. The van der Waals surface area contributed by atoms with E-state index in [1.807, 2.05) is 0 Å². The van der Waals surface area contributed by atoms with Crippen LogP contribution in [0.2, 0.25) is 0 Å². The van der Waals surface area contributed by atoms with Crippen molar-refractivity contribution in [3.05, 3.63) is 206 Å². The molecule has 64 heavy (non-hydrogen) atoms. The number of allylic oxidation sites excluding steroid dienone is 21. The molecule has 0 bridgehead atoms. The number of rotatable bonds is 5. The van der Waals surface area contributed by atoms with Gasteiger partial charge in [0.1, 0.15) is 29.1 Å². The van der Waals surface area contributed by atoms with E-state index in [2.05, 4.69) is 146 Å². The number of fused-ring (bicyclic) bond motifs is 10. The summed E-state index contributed by atoms with van der Waals surface area (Å²) in [7, 11) is 0. The maximum absolute atomic E-state index is 7.08. The van der Waals surface area contributed by atoms with Crippen LogP contribution in [-0.4, -0.2) is 24.4 Å². The van der Waals surface area contributed by atoms with E-state index in [0.29, 0.717) is 41.4 Å². The van der Waals surface area contributed by atoms with E-state index in [9.17, 15) is 0 Å². The Bertz CT molecular complexity index is 2890. The van der Waals surface area contributed by atoms with Crippen LogP contribution in [0.5, 0.6) is 0 Å². The molecule has 4 heteroatoms. The standard InChI is InChI=1S/C60H56O4/c1-4-10-35(11-5-1)38-16-22-52-44(28-38)46-30-40(18-24-54(46)61-52)42-20-26-56-48(32-42)50-34-51-49-33-43(21-27-57(49)64-60(51)58(59(50)63-56)37-14-8-3-9-15-37)41-19-25-55-47(31-41)45-29-39(17-23-53(45)62-55)36-12-6-2-7-13-36/h1-8,10,12,14,16-18,20-23,26-30,34-36,41-45,50,52-54,59H,9,11,13,15,19,24-25,31-33H2. The van der Waals surface area contributed by atoms with Crippen LogP contribution in [0.1, 0.15) is 69.1 Å². The Morgan fingerprint density at radius 3 is 2.27 bits per heavy atom. The molecule has 0 amide bonds. The molecule has 1 fully saturated rings. The minimum atomic E-state index is -0.0685. The summed E-state index contributed by atoms with van der Waals surface area (Å²) in [5, 5.41) is 1.33. The maximum Gasteiger partial charge on any atom is 0.141 e. The van der Waals surface area contributed by atoms with Crippen molar-refractivity contribution in [3.8, 4) is 0 Å². The first-order chi connectivity index (χ1) is 31.7. The first kappa shape index (κ1) is 37.8. The summed E-state index contributed by atoms with van der Waals surface area (Å²) in [6, 6.07) is 0. The second-order valence-corrected chi connectivity index (χ2v) is 20.4. The van der Waals surface area contributed by atoms with Crippen LogP contribution in [-0.2, 0) is 20.6 Å². The van der Waals surface area contributed by atoms with Crippen molar-refractivity contribution in [2.45, 2.75) is 88.6 Å². The molecule has 0 radical (unpaired) electrons. The van der Waals surface area contributed by atoms with Gasteiger partial charge in [0, 0.05) is 58.3 Å². The Kier molecular flexibility index (Phi) is 8.85. The molecule has 4 nitrogen and oxygen atoms in total. The van der Waals surface area contributed by atoms with Gasteiger partial charge in [-0.2, -0.15) is 0 Å². The average Bonchev–Trinajstić information content (AvgIpc) is 4.13. The second-order valence-electron chi connectivity index (χ2n) is 20.4. The molecule has 0 spiro atoms. The van der Waals surface area contributed by atoms with Crippen LogP contribution >= 0.6 is 0 Å². The molecular formula is C60H56O4. The van der Waals surface area contributed by atoms with Gasteiger partial charge in [0.05, 0.1) is 18.0 Å². The van der Waals surface area contributed by atoms with E-state index in [4.69, 9.17) is 18.6 Å². The zero-order chi connectivity index (χ0) is 41.9. The van der Waals surface area contributed by atoms with Crippen LogP contribution < -0.4 is 10.6 Å². The topological polar surface area (TPSA) is 40.8 Å². The lowest BCUT2D eigenvalue weighted by atomic mass is 9.71. The minimum Gasteiger partial charge on any atom is -0.490 e. The lowest BCUT2D eigenvalue weighted by molar-refractivity contribution is 0.0734. The van der Waals surface area contributed by atoms with Crippen molar-refractivity contribution >= 4 is 17.7 Å². The fourth-order valence-corrected chi connectivity index (χ4v) is 13.6. The average molecular weight is 841 g/mol. The largest absolute Gasteiger partial charge is 0.490 e. The van der Waals surface area contributed by atoms with Crippen LogP contribution in [0.4, 0.5) is 0 Å². The summed E-state index contributed by atoms with van der Waals surface area (Å²) < 4.78 is 27.4. The van der Waals surface area contributed by atoms with Crippen LogP contribution in [0.3, 0.4) is 0 Å². The van der Waals surface area contributed by atoms with Crippen molar-refractivity contribution < 1.29 is 18.6 Å². The predicted octanol–water partition coefficient (Wildman–Crippen LogP) is 11.5. The Hall–Kier alpha value is -5.58. The minimum absolute atomic E-state index is 0.0685. The zero-order valence-corrected chi connectivity index (χ0v) is 36.5. The first-order valence-corrected chi connectivity index (χ1v) is 24.6. The van der Waals surface area contributed by atoms with E-state index in [1.165, 1.54) is 62.0 Å². The summed E-state index contributed by atoms with van der Waals surface area (Å²) >= 11 is 0. The van der Waals surface area contributed by atoms with Crippen LogP contribution in [0.15, 0.2) is 189 Å². The van der Waals surface area contributed by atoms with Gasteiger partial charge in [0.25, 0.3) is 0 Å². The molecule has 320 valence electrons. The van der Waals surface area contributed by atoms with Gasteiger partial charge in [0.2, 0.25) is 0 Å². The number of hydrogen-bond donors (Lipinski definition) is 0. The molecular weight excluding hydrogens is 785 g/mol. The van der Waals surface area contributed by atoms with E-state index < -0.39 is 0 Å².